The minimum atomic E-state index is 0.847. The molecule has 0 aliphatic heterocycles. The van der Waals surface area contributed by atoms with Crippen LogP contribution in [-0.4, -0.2) is 9.55 Å². The van der Waals surface area contributed by atoms with E-state index in [0.717, 1.165) is 38.5 Å². The second kappa shape index (κ2) is 5.71. The van der Waals surface area contributed by atoms with Crippen LogP contribution in [-0.2, 0) is 0 Å². The number of nitrogens with zero attached hydrogens (tertiary/aromatic N) is 2. The van der Waals surface area contributed by atoms with Crippen LogP contribution >= 0.6 is 0 Å². The van der Waals surface area contributed by atoms with Crippen LogP contribution < -0.4 is 0 Å². The summed E-state index contributed by atoms with van der Waals surface area (Å²) in [5.74, 6) is 0. The molecule has 3 heteroatoms. The smallest absolute Gasteiger partial charge is 0.163 e. The Morgan fingerprint density at radius 2 is 1.37 bits per heavy atom. The first-order valence-electron chi connectivity index (χ1n) is 10.1. The van der Waals surface area contributed by atoms with E-state index < -0.39 is 0 Å². The Hall–Kier alpha value is -4.11. The zero-order chi connectivity index (χ0) is 19.7. The fourth-order valence-corrected chi connectivity index (χ4v) is 4.83. The van der Waals surface area contributed by atoms with Gasteiger partial charge in [-0.3, -0.25) is 4.98 Å². The van der Waals surface area contributed by atoms with E-state index in [0.29, 0.717) is 0 Å². The van der Waals surface area contributed by atoms with Crippen LogP contribution in [0, 0.1) is 0 Å². The van der Waals surface area contributed by atoms with Gasteiger partial charge in [0.05, 0.1) is 16.4 Å². The van der Waals surface area contributed by atoms with Gasteiger partial charge in [0, 0.05) is 33.4 Å². The maximum atomic E-state index is 6.38. The first-order chi connectivity index (χ1) is 14.9. The quantitative estimate of drug-likeness (QED) is 0.299. The number of aromatic nitrogens is 2. The number of benzene rings is 4. The number of fused-ring (bicyclic) bond motifs is 10. The molecule has 0 radical (unpaired) electrons. The Labute approximate surface area is 171 Å². The fraction of sp³-hybridized carbons (Fsp3) is 0. The van der Waals surface area contributed by atoms with Crippen molar-refractivity contribution >= 4 is 54.6 Å². The molecule has 0 N–H and O–H groups in total. The highest BCUT2D eigenvalue weighted by atomic mass is 16.3. The molecule has 7 rings (SSSR count). The predicted octanol–water partition coefficient (Wildman–Crippen LogP) is 7.23. The molecule has 0 atom stereocenters. The fourth-order valence-electron chi connectivity index (χ4n) is 4.83. The molecule has 7 aromatic rings. The largest absolute Gasteiger partial charge is 0.454 e. The third-order valence-corrected chi connectivity index (χ3v) is 6.01. The van der Waals surface area contributed by atoms with Crippen LogP contribution in [0.15, 0.2) is 102 Å². The van der Waals surface area contributed by atoms with Gasteiger partial charge in [-0.2, -0.15) is 0 Å². The van der Waals surface area contributed by atoms with Crippen molar-refractivity contribution in [2.75, 3.05) is 0 Å². The third-order valence-electron chi connectivity index (χ3n) is 6.01. The Balaban J connectivity index is 1.91. The van der Waals surface area contributed by atoms with Gasteiger partial charge in [-0.1, -0.05) is 60.7 Å². The summed E-state index contributed by atoms with van der Waals surface area (Å²) >= 11 is 0. The van der Waals surface area contributed by atoms with Crippen LogP contribution in [0.5, 0.6) is 0 Å². The normalized spacial score (nSPS) is 12.0. The molecule has 3 heterocycles. The molecule has 0 saturated carbocycles. The maximum absolute atomic E-state index is 6.38. The number of hydrogen-bond acceptors (Lipinski definition) is 2. The lowest BCUT2D eigenvalue weighted by Crippen LogP contribution is -1.94. The lowest BCUT2D eigenvalue weighted by Gasteiger charge is -2.09. The second-order valence-electron chi connectivity index (χ2n) is 7.61. The summed E-state index contributed by atoms with van der Waals surface area (Å²) in [4.78, 5) is 4.74. The number of pyridine rings is 1. The first kappa shape index (κ1) is 15.8. The highest BCUT2D eigenvalue weighted by molar-refractivity contribution is 6.34. The summed E-state index contributed by atoms with van der Waals surface area (Å²) in [6.45, 7) is 0. The molecule has 3 aromatic heterocycles. The van der Waals surface area contributed by atoms with Crippen molar-refractivity contribution in [1.29, 1.82) is 0 Å². The Morgan fingerprint density at radius 1 is 0.633 bits per heavy atom. The van der Waals surface area contributed by atoms with E-state index in [9.17, 15) is 0 Å². The van der Waals surface area contributed by atoms with Gasteiger partial charge in [-0.15, -0.1) is 0 Å². The molecular weight excluding hydrogens is 368 g/mol. The molecule has 0 aliphatic carbocycles. The highest BCUT2D eigenvalue weighted by Gasteiger charge is 2.22. The van der Waals surface area contributed by atoms with E-state index in [2.05, 4.69) is 77.4 Å². The summed E-state index contributed by atoms with van der Waals surface area (Å²) < 4.78 is 8.75. The van der Waals surface area contributed by atoms with E-state index in [1.165, 1.54) is 21.8 Å². The molecule has 0 aliphatic rings. The highest BCUT2D eigenvalue weighted by Crippen LogP contribution is 2.44. The molecule has 3 nitrogen and oxygen atoms in total. The Kier molecular flexibility index (Phi) is 3.00. The van der Waals surface area contributed by atoms with Gasteiger partial charge >= 0.3 is 0 Å². The Morgan fingerprint density at radius 3 is 2.27 bits per heavy atom. The van der Waals surface area contributed by atoms with E-state index in [1.807, 2.05) is 24.4 Å². The summed E-state index contributed by atoms with van der Waals surface area (Å²) in [7, 11) is 0. The molecule has 140 valence electrons. The van der Waals surface area contributed by atoms with Crippen LogP contribution in [0.4, 0.5) is 0 Å². The standard InChI is InChI=1S/C27H16N2O/c1-2-9-17(10-3-1)29-21-14-6-4-11-18(21)23-20-13-8-16-28-25(20)27-24(26(23)29)19-12-5-7-15-22(19)30-27/h1-16H. The second-order valence-corrected chi connectivity index (χ2v) is 7.61. The van der Waals surface area contributed by atoms with Gasteiger partial charge < -0.3 is 8.98 Å². The predicted molar refractivity (Wildman–Crippen MR) is 123 cm³/mol. The van der Waals surface area contributed by atoms with E-state index in [4.69, 9.17) is 9.40 Å². The first-order valence-corrected chi connectivity index (χ1v) is 10.1. The molecule has 0 bridgehead atoms. The molecular formula is C27H16N2O. The molecule has 0 amide bonds. The topological polar surface area (TPSA) is 31.0 Å². The van der Waals surface area contributed by atoms with Crippen LogP contribution in [0.25, 0.3) is 60.3 Å². The number of para-hydroxylation sites is 3. The average molecular weight is 384 g/mol. The molecule has 0 saturated heterocycles. The minimum Gasteiger partial charge on any atom is -0.454 e. The third kappa shape index (κ3) is 1.91. The van der Waals surface area contributed by atoms with Gasteiger partial charge in [0.25, 0.3) is 0 Å². The van der Waals surface area contributed by atoms with Crippen molar-refractivity contribution in [1.82, 2.24) is 9.55 Å². The zero-order valence-electron chi connectivity index (χ0n) is 16.0. The summed E-state index contributed by atoms with van der Waals surface area (Å²) in [6.07, 6.45) is 1.84. The Bertz CT molecular complexity index is 1740. The van der Waals surface area contributed by atoms with E-state index >= 15 is 0 Å². The number of furan rings is 1. The summed E-state index contributed by atoms with van der Waals surface area (Å²) in [5.41, 5.74) is 6.13. The summed E-state index contributed by atoms with van der Waals surface area (Å²) in [6, 6.07) is 31.6. The van der Waals surface area contributed by atoms with Crippen molar-refractivity contribution in [2.24, 2.45) is 0 Å². The molecule has 0 fully saturated rings. The summed E-state index contributed by atoms with van der Waals surface area (Å²) in [5, 5.41) is 5.79. The van der Waals surface area contributed by atoms with Crippen molar-refractivity contribution < 1.29 is 4.42 Å². The number of hydrogen-bond donors (Lipinski definition) is 0. The molecule has 4 aromatic carbocycles. The SMILES string of the molecule is c1ccc(-n2c3ccccc3c3c4cccnc4c4oc5ccccc5c4c32)cc1. The van der Waals surface area contributed by atoms with Gasteiger partial charge in [0.1, 0.15) is 11.1 Å². The monoisotopic (exact) mass is 384 g/mol. The number of rotatable bonds is 1. The zero-order valence-corrected chi connectivity index (χ0v) is 16.0. The lowest BCUT2D eigenvalue weighted by molar-refractivity contribution is 0.672. The van der Waals surface area contributed by atoms with Crippen molar-refractivity contribution in [3.05, 3.63) is 97.2 Å². The van der Waals surface area contributed by atoms with Crippen LogP contribution in [0.2, 0.25) is 0 Å². The molecule has 30 heavy (non-hydrogen) atoms. The van der Waals surface area contributed by atoms with Crippen molar-refractivity contribution in [2.45, 2.75) is 0 Å². The van der Waals surface area contributed by atoms with E-state index in [1.54, 1.807) is 0 Å². The van der Waals surface area contributed by atoms with Crippen LogP contribution in [0.1, 0.15) is 0 Å². The van der Waals surface area contributed by atoms with Crippen molar-refractivity contribution in [3.63, 3.8) is 0 Å². The lowest BCUT2D eigenvalue weighted by atomic mass is 10.0. The van der Waals surface area contributed by atoms with Crippen LogP contribution in [0.3, 0.4) is 0 Å². The molecule has 0 spiro atoms. The van der Waals surface area contributed by atoms with Gasteiger partial charge in [-0.25, -0.2) is 0 Å². The van der Waals surface area contributed by atoms with Gasteiger partial charge in [0.2, 0.25) is 0 Å². The van der Waals surface area contributed by atoms with Gasteiger partial charge in [0.15, 0.2) is 5.58 Å². The average Bonchev–Trinajstić information content (AvgIpc) is 3.36. The minimum absolute atomic E-state index is 0.847. The molecule has 0 unspecified atom stereocenters. The van der Waals surface area contributed by atoms with E-state index in [-0.39, 0.29) is 0 Å². The van der Waals surface area contributed by atoms with Gasteiger partial charge in [-0.05, 0) is 30.3 Å². The maximum Gasteiger partial charge on any atom is 0.163 e. The van der Waals surface area contributed by atoms with Crippen molar-refractivity contribution in [3.8, 4) is 5.69 Å².